The molecule has 0 amide bonds. The van der Waals surface area contributed by atoms with Crippen LogP contribution in [0.3, 0.4) is 0 Å². The van der Waals surface area contributed by atoms with Crippen molar-refractivity contribution in [2.75, 3.05) is 6.54 Å². The van der Waals surface area contributed by atoms with E-state index in [-0.39, 0.29) is 5.12 Å². The highest BCUT2D eigenvalue weighted by molar-refractivity contribution is 8.17. The van der Waals surface area contributed by atoms with Crippen LogP contribution in [-0.2, 0) is 4.79 Å². The zero-order valence-electron chi connectivity index (χ0n) is 6.99. The number of benzene rings is 1. The molecule has 1 aromatic carbocycles. The van der Waals surface area contributed by atoms with Gasteiger partial charge in [-0.05, 0) is 23.4 Å². The third-order valence-corrected chi connectivity index (χ3v) is 2.58. The van der Waals surface area contributed by atoms with Crippen LogP contribution in [0.1, 0.15) is 5.56 Å². The first-order chi connectivity index (χ1) is 6.34. The molecule has 2 nitrogen and oxygen atoms in total. The minimum atomic E-state index is 0.183. The molecular weight excluding hydrogens is 182 g/mol. The van der Waals surface area contributed by atoms with E-state index in [9.17, 15) is 4.79 Å². The van der Waals surface area contributed by atoms with Gasteiger partial charge in [-0.25, -0.2) is 0 Å². The quantitative estimate of drug-likeness (QED) is 0.734. The summed E-state index contributed by atoms with van der Waals surface area (Å²) in [6, 6.07) is 9.96. The first-order valence-electron chi connectivity index (χ1n) is 4.06. The van der Waals surface area contributed by atoms with Crippen molar-refractivity contribution in [1.82, 2.24) is 5.32 Å². The van der Waals surface area contributed by atoms with Crippen LogP contribution in [0.2, 0.25) is 0 Å². The van der Waals surface area contributed by atoms with Crippen molar-refractivity contribution in [2.24, 2.45) is 0 Å². The monoisotopic (exact) mass is 191 g/mol. The molecule has 0 bridgehead atoms. The van der Waals surface area contributed by atoms with E-state index in [4.69, 9.17) is 0 Å². The van der Waals surface area contributed by atoms with Crippen molar-refractivity contribution < 1.29 is 4.79 Å². The van der Waals surface area contributed by atoms with Crippen molar-refractivity contribution in [1.29, 1.82) is 0 Å². The topological polar surface area (TPSA) is 29.1 Å². The number of carbonyl (C=O) groups is 1. The molecule has 2 rings (SSSR count). The molecule has 0 saturated carbocycles. The Kier molecular flexibility index (Phi) is 2.36. The number of nitrogens with one attached hydrogen (secondary N) is 1. The van der Waals surface area contributed by atoms with Crippen LogP contribution in [0.4, 0.5) is 0 Å². The third kappa shape index (κ3) is 2.12. The van der Waals surface area contributed by atoms with E-state index in [2.05, 4.69) is 5.32 Å². The molecule has 0 aliphatic carbocycles. The van der Waals surface area contributed by atoms with Crippen molar-refractivity contribution >= 4 is 23.0 Å². The molecule has 1 aromatic rings. The lowest BCUT2D eigenvalue weighted by molar-refractivity contribution is -0.109. The highest BCUT2D eigenvalue weighted by Gasteiger charge is 2.14. The number of hydrogen-bond donors (Lipinski definition) is 1. The summed E-state index contributed by atoms with van der Waals surface area (Å²) < 4.78 is 0. The Morgan fingerprint density at radius 3 is 2.69 bits per heavy atom. The van der Waals surface area contributed by atoms with Crippen LogP contribution in [0.25, 0.3) is 6.08 Å². The van der Waals surface area contributed by atoms with Gasteiger partial charge in [0.05, 0.1) is 11.6 Å². The lowest BCUT2D eigenvalue weighted by Gasteiger charge is -1.95. The maximum Gasteiger partial charge on any atom is 0.214 e. The van der Waals surface area contributed by atoms with E-state index in [1.807, 2.05) is 36.4 Å². The van der Waals surface area contributed by atoms with Gasteiger partial charge >= 0.3 is 0 Å². The standard InChI is InChI=1S/C10H9NOS/c12-10-7-11-9(13-10)6-8-4-2-1-3-5-8/h1-6,11H,7H2/b9-6-. The summed E-state index contributed by atoms with van der Waals surface area (Å²) in [7, 11) is 0. The molecule has 0 aromatic heterocycles. The van der Waals surface area contributed by atoms with Gasteiger partial charge in [-0.15, -0.1) is 0 Å². The van der Waals surface area contributed by atoms with Crippen molar-refractivity contribution in [3.63, 3.8) is 0 Å². The van der Waals surface area contributed by atoms with Crippen LogP contribution >= 0.6 is 11.8 Å². The molecule has 1 saturated heterocycles. The van der Waals surface area contributed by atoms with Crippen molar-refractivity contribution in [2.45, 2.75) is 0 Å². The lowest BCUT2D eigenvalue weighted by atomic mass is 10.2. The van der Waals surface area contributed by atoms with Crippen LogP contribution in [-0.4, -0.2) is 11.7 Å². The Morgan fingerprint density at radius 1 is 1.31 bits per heavy atom. The van der Waals surface area contributed by atoms with E-state index in [1.54, 1.807) is 0 Å². The largest absolute Gasteiger partial charge is 0.371 e. The van der Waals surface area contributed by atoms with Gasteiger partial charge in [0.15, 0.2) is 0 Å². The molecule has 1 aliphatic rings. The fourth-order valence-corrected chi connectivity index (χ4v) is 1.86. The summed E-state index contributed by atoms with van der Waals surface area (Å²) >= 11 is 1.27. The summed E-state index contributed by atoms with van der Waals surface area (Å²) in [6.45, 7) is 0.448. The fraction of sp³-hybridized carbons (Fsp3) is 0.100. The van der Waals surface area contributed by atoms with E-state index in [1.165, 1.54) is 11.8 Å². The van der Waals surface area contributed by atoms with Crippen molar-refractivity contribution in [3.05, 3.63) is 40.9 Å². The predicted octanol–water partition coefficient (Wildman–Crippen LogP) is 1.85. The van der Waals surface area contributed by atoms with Gasteiger partial charge in [0, 0.05) is 0 Å². The Bertz CT molecular complexity index is 345. The second-order valence-corrected chi connectivity index (χ2v) is 3.85. The van der Waals surface area contributed by atoms with E-state index < -0.39 is 0 Å². The molecule has 3 heteroatoms. The molecular formula is C10H9NOS. The maximum absolute atomic E-state index is 10.9. The molecule has 0 atom stereocenters. The summed E-state index contributed by atoms with van der Waals surface area (Å²) in [5.74, 6) is 0. The maximum atomic E-state index is 10.9. The average Bonchev–Trinajstić information content (AvgIpc) is 2.53. The van der Waals surface area contributed by atoms with Gasteiger partial charge in [-0.1, -0.05) is 30.3 Å². The van der Waals surface area contributed by atoms with Gasteiger partial charge in [-0.2, -0.15) is 0 Å². The molecule has 1 heterocycles. The predicted molar refractivity (Wildman–Crippen MR) is 55.0 cm³/mol. The van der Waals surface area contributed by atoms with Crippen LogP contribution in [0, 0.1) is 0 Å². The van der Waals surface area contributed by atoms with Crippen LogP contribution in [0.15, 0.2) is 35.4 Å². The Balaban J connectivity index is 2.17. The molecule has 1 aliphatic heterocycles. The Hall–Kier alpha value is -1.22. The highest BCUT2D eigenvalue weighted by Crippen LogP contribution is 2.21. The van der Waals surface area contributed by atoms with Gasteiger partial charge in [0.1, 0.15) is 0 Å². The normalized spacial score (nSPS) is 19.1. The Morgan fingerprint density at radius 2 is 2.08 bits per heavy atom. The lowest BCUT2D eigenvalue weighted by Crippen LogP contribution is -2.06. The van der Waals surface area contributed by atoms with Gasteiger partial charge in [0.25, 0.3) is 0 Å². The molecule has 0 unspecified atom stereocenters. The molecule has 1 N–H and O–H groups in total. The van der Waals surface area contributed by atoms with E-state index >= 15 is 0 Å². The summed E-state index contributed by atoms with van der Waals surface area (Å²) in [4.78, 5) is 10.9. The average molecular weight is 191 g/mol. The summed E-state index contributed by atoms with van der Waals surface area (Å²) in [5.41, 5.74) is 1.12. The first-order valence-corrected chi connectivity index (χ1v) is 4.87. The van der Waals surface area contributed by atoms with E-state index in [0.29, 0.717) is 6.54 Å². The SMILES string of the molecule is O=C1CN/C(=C/c2ccccc2)S1. The minimum absolute atomic E-state index is 0.183. The number of carbonyl (C=O) groups excluding carboxylic acids is 1. The summed E-state index contributed by atoms with van der Waals surface area (Å²) in [5, 5.41) is 4.15. The van der Waals surface area contributed by atoms with Gasteiger partial charge < -0.3 is 5.32 Å². The number of rotatable bonds is 1. The van der Waals surface area contributed by atoms with Crippen LogP contribution in [0.5, 0.6) is 0 Å². The second kappa shape index (κ2) is 3.66. The zero-order chi connectivity index (χ0) is 9.10. The number of thioether (sulfide) groups is 1. The molecule has 1 fully saturated rings. The molecule has 0 radical (unpaired) electrons. The molecule has 13 heavy (non-hydrogen) atoms. The smallest absolute Gasteiger partial charge is 0.214 e. The second-order valence-electron chi connectivity index (χ2n) is 2.75. The zero-order valence-corrected chi connectivity index (χ0v) is 7.80. The van der Waals surface area contributed by atoms with Crippen LogP contribution < -0.4 is 5.32 Å². The number of hydrogen-bond acceptors (Lipinski definition) is 3. The van der Waals surface area contributed by atoms with Gasteiger partial charge in [0.2, 0.25) is 5.12 Å². The van der Waals surface area contributed by atoms with Crippen molar-refractivity contribution in [3.8, 4) is 0 Å². The highest BCUT2D eigenvalue weighted by atomic mass is 32.2. The first kappa shape index (κ1) is 8.38. The fourth-order valence-electron chi connectivity index (χ4n) is 1.14. The Labute approximate surface area is 81.0 Å². The van der Waals surface area contributed by atoms with Gasteiger partial charge in [-0.3, -0.25) is 4.79 Å². The minimum Gasteiger partial charge on any atom is -0.371 e. The molecule has 66 valence electrons. The molecule has 0 spiro atoms. The third-order valence-electron chi connectivity index (χ3n) is 1.73. The van der Waals surface area contributed by atoms with E-state index in [0.717, 1.165) is 10.6 Å². The summed E-state index contributed by atoms with van der Waals surface area (Å²) in [6.07, 6.45) is 1.98.